The Morgan fingerprint density at radius 2 is 1.57 bits per heavy atom. The lowest BCUT2D eigenvalue weighted by Gasteiger charge is -2.42. The maximum absolute atomic E-state index is 13.3. The molecule has 1 aliphatic rings. The van der Waals surface area contributed by atoms with Crippen LogP contribution in [0.15, 0.2) is 73.1 Å². The number of aliphatic carboxylic acids is 1. The molecule has 0 radical (unpaired) electrons. The van der Waals surface area contributed by atoms with E-state index in [-0.39, 0.29) is 24.4 Å². The van der Waals surface area contributed by atoms with Crippen LogP contribution in [-0.2, 0) is 16.6 Å². The van der Waals surface area contributed by atoms with Gasteiger partial charge >= 0.3 is 5.97 Å². The Morgan fingerprint density at radius 3 is 2.18 bits per heavy atom. The Balaban J connectivity index is 1.21. The minimum atomic E-state index is -1.03. The van der Waals surface area contributed by atoms with E-state index < -0.39 is 24.2 Å². The van der Waals surface area contributed by atoms with Crippen LogP contribution in [0.3, 0.4) is 0 Å². The van der Waals surface area contributed by atoms with E-state index in [1.54, 1.807) is 4.90 Å². The molecule has 1 saturated heterocycles. The van der Waals surface area contributed by atoms with Crippen LogP contribution in [0.5, 0.6) is 5.75 Å². The standard InChI is InChI=1S/C39H48N4O5S/c1-5-6-7-8-9-20-48-31-16-14-27(15-17-31)29-22-40-35(41-23-29)28-12-10-26(11-13-28)21-32(37(45)43-24-30(25-43)38(46)47)42-36(44)33-18-19-34(49-33)39(2,3)4/h10-19,22-23,30,32,37,45H,5-9,20-21,24-25H2,1-4H3,(H,42,44)(H,46,47)/t32-,37?/m0/s1. The summed E-state index contributed by atoms with van der Waals surface area (Å²) in [5, 5.41) is 23.6. The summed E-state index contributed by atoms with van der Waals surface area (Å²) in [7, 11) is 0. The molecule has 10 heteroatoms. The zero-order valence-electron chi connectivity index (χ0n) is 28.9. The first-order valence-corrected chi connectivity index (χ1v) is 18.0. The summed E-state index contributed by atoms with van der Waals surface area (Å²) in [4.78, 5) is 37.3. The number of carbonyl (C=O) groups excluding carboxylic acids is 1. The number of unbranched alkanes of at least 4 members (excludes halogenated alkanes) is 4. The number of benzene rings is 2. The second-order valence-electron chi connectivity index (χ2n) is 13.9. The molecule has 2 aromatic carbocycles. The molecule has 3 heterocycles. The third-order valence-corrected chi connectivity index (χ3v) is 10.4. The van der Waals surface area contributed by atoms with Crippen LogP contribution in [0.1, 0.15) is 79.9 Å². The Morgan fingerprint density at radius 1 is 0.918 bits per heavy atom. The number of amides is 1. The summed E-state index contributed by atoms with van der Waals surface area (Å²) in [6.07, 6.45) is 9.00. The Kier molecular flexibility index (Phi) is 12.2. The lowest BCUT2D eigenvalue weighted by atomic mass is 9.95. The van der Waals surface area contributed by atoms with Gasteiger partial charge in [-0.2, -0.15) is 0 Å². The van der Waals surface area contributed by atoms with Crippen LogP contribution < -0.4 is 10.1 Å². The fourth-order valence-electron chi connectivity index (χ4n) is 5.78. The molecule has 1 fully saturated rings. The third-order valence-electron chi connectivity index (χ3n) is 8.90. The van der Waals surface area contributed by atoms with Gasteiger partial charge in [-0.3, -0.25) is 14.5 Å². The Labute approximate surface area is 293 Å². The molecule has 1 amide bonds. The SMILES string of the molecule is CCCCCCCOc1ccc(-c2cnc(-c3ccc(C[C@H](NC(=O)c4ccc(C(C)(C)C)s4)C(O)N4CC(C(=O)O)C4)cc3)nc2)cc1. The normalized spacial score (nSPS) is 15.0. The minimum absolute atomic E-state index is 0.0783. The van der Waals surface area contributed by atoms with Crippen molar-refractivity contribution in [3.05, 3.63) is 88.4 Å². The van der Waals surface area contributed by atoms with E-state index in [0.717, 1.165) is 45.9 Å². The van der Waals surface area contributed by atoms with Crippen LogP contribution in [0.2, 0.25) is 0 Å². The van der Waals surface area contributed by atoms with Crippen LogP contribution in [-0.4, -0.2) is 68.9 Å². The van der Waals surface area contributed by atoms with Crippen molar-refractivity contribution in [1.82, 2.24) is 20.2 Å². The zero-order chi connectivity index (χ0) is 35.0. The van der Waals surface area contributed by atoms with Crippen molar-refractivity contribution in [2.24, 2.45) is 5.92 Å². The smallest absolute Gasteiger partial charge is 0.309 e. The van der Waals surface area contributed by atoms with Crippen LogP contribution in [0.4, 0.5) is 0 Å². The van der Waals surface area contributed by atoms with Crippen molar-refractivity contribution in [3.8, 4) is 28.3 Å². The molecule has 0 bridgehead atoms. The molecule has 5 rings (SSSR count). The predicted octanol–water partition coefficient (Wildman–Crippen LogP) is 7.19. The van der Waals surface area contributed by atoms with Gasteiger partial charge in [0.15, 0.2) is 5.82 Å². The van der Waals surface area contributed by atoms with Crippen LogP contribution in [0.25, 0.3) is 22.5 Å². The number of nitrogens with zero attached hydrogens (tertiary/aromatic N) is 3. The van der Waals surface area contributed by atoms with Gasteiger partial charge in [0.1, 0.15) is 12.0 Å². The van der Waals surface area contributed by atoms with Crippen molar-refractivity contribution in [1.29, 1.82) is 0 Å². The highest BCUT2D eigenvalue weighted by atomic mass is 32.1. The number of hydrogen-bond acceptors (Lipinski definition) is 8. The maximum Gasteiger partial charge on any atom is 0.309 e. The number of likely N-dealkylation sites (tertiary alicyclic amines) is 1. The number of nitrogens with one attached hydrogen (secondary N) is 1. The second-order valence-corrected chi connectivity index (χ2v) is 15.0. The number of aromatic nitrogens is 2. The summed E-state index contributed by atoms with van der Waals surface area (Å²) in [5.74, 6) is -0.205. The number of carboxylic acids is 1. The lowest BCUT2D eigenvalue weighted by Crippen LogP contribution is -2.61. The highest BCUT2D eigenvalue weighted by molar-refractivity contribution is 7.14. The van der Waals surface area contributed by atoms with Gasteiger partial charge in [-0.25, -0.2) is 9.97 Å². The largest absolute Gasteiger partial charge is 0.494 e. The van der Waals surface area contributed by atoms with Gasteiger partial charge in [0.25, 0.3) is 5.91 Å². The Bertz CT molecular complexity index is 1660. The highest BCUT2D eigenvalue weighted by Gasteiger charge is 2.39. The number of ether oxygens (including phenoxy) is 1. The number of aliphatic hydroxyl groups is 1. The summed E-state index contributed by atoms with van der Waals surface area (Å²) < 4.78 is 5.90. The first-order chi connectivity index (χ1) is 23.5. The molecule has 0 saturated carbocycles. The van der Waals surface area contributed by atoms with Gasteiger partial charge in [-0.15, -0.1) is 11.3 Å². The third kappa shape index (κ3) is 9.74. The van der Waals surface area contributed by atoms with Crippen LogP contribution >= 0.6 is 11.3 Å². The molecule has 2 atom stereocenters. The van der Waals surface area contributed by atoms with Crippen molar-refractivity contribution in [3.63, 3.8) is 0 Å². The van der Waals surface area contributed by atoms with Gasteiger partial charge in [-0.05, 0) is 53.6 Å². The number of hydrogen-bond donors (Lipinski definition) is 3. The van der Waals surface area contributed by atoms with E-state index >= 15 is 0 Å². The quantitative estimate of drug-likeness (QED) is 0.106. The van der Waals surface area contributed by atoms with E-state index in [4.69, 9.17) is 4.74 Å². The summed E-state index contributed by atoms with van der Waals surface area (Å²) >= 11 is 1.44. The van der Waals surface area contributed by atoms with Gasteiger partial charge in [0.05, 0.1) is 23.4 Å². The van der Waals surface area contributed by atoms with E-state index in [9.17, 15) is 19.8 Å². The zero-order valence-corrected chi connectivity index (χ0v) is 29.7. The number of thiophene rings is 1. The van der Waals surface area contributed by atoms with Crippen molar-refractivity contribution in [2.45, 2.75) is 83.9 Å². The molecular weight excluding hydrogens is 637 g/mol. The van der Waals surface area contributed by atoms with Crippen molar-refractivity contribution < 1.29 is 24.5 Å². The van der Waals surface area contributed by atoms with Gasteiger partial charge in [-0.1, -0.05) is 89.8 Å². The molecule has 1 unspecified atom stereocenters. The average Bonchev–Trinajstić information content (AvgIpc) is 3.58. The molecule has 260 valence electrons. The molecule has 1 aliphatic heterocycles. The molecule has 0 aliphatic carbocycles. The van der Waals surface area contributed by atoms with Gasteiger partial charge in [0, 0.05) is 41.5 Å². The summed E-state index contributed by atoms with van der Waals surface area (Å²) in [6, 6.07) is 18.9. The minimum Gasteiger partial charge on any atom is -0.494 e. The van der Waals surface area contributed by atoms with E-state index in [1.807, 2.05) is 73.1 Å². The lowest BCUT2D eigenvalue weighted by molar-refractivity contribution is -0.155. The topological polar surface area (TPSA) is 125 Å². The number of carbonyl (C=O) groups is 2. The number of aliphatic hydroxyl groups excluding tert-OH is 1. The molecule has 0 spiro atoms. The van der Waals surface area contributed by atoms with Crippen molar-refractivity contribution in [2.75, 3.05) is 19.7 Å². The van der Waals surface area contributed by atoms with E-state index in [2.05, 4.69) is 43.0 Å². The Hall–Kier alpha value is -4.12. The monoisotopic (exact) mass is 684 g/mol. The first kappa shape index (κ1) is 36.2. The fourth-order valence-corrected chi connectivity index (χ4v) is 6.75. The molecule has 9 nitrogen and oxygen atoms in total. The molecule has 4 aromatic rings. The second kappa shape index (κ2) is 16.5. The van der Waals surface area contributed by atoms with E-state index in [0.29, 0.717) is 17.1 Å². The van der Waals surface area contributed by atoms with Gasteiger partial charge in [0.2, 0.25) is 0 Å². The highest BCUT2D eigenvalue weighted by Crippen LogP contribution is 2.30. The van der Waals surface area contributed by atoms with Crippen molar-refractivity contribution >= 4 is 23.2 Å². The summed E-state index contributed by atoms with van der Waals surface area (Å²) in [6.45, 7) is 9.72. The number of rotatable bonds is 16. The maximum atomic E-state index is 13.3. The molecular formula is C39H48N4O5S. The average molecular weight is 685 g/mol. The fraction of sp³-hybridized carbons (Fsp3) is 0.436. The molecule has 2 aromatic heterocycles. The first-order valence-electron chi connectivity index (χ1n) is 17.2. The number of carboxylic acid groups (broad SMARTS) is 1. The molecule has 3 N–H and O–H groups in total. The van der Waals surface area contributed by atoms with E-state index in [1.165, 1.54) is 37.0 Å². The predicted molar refractivity (Wildman–Crippen MR) is 194 cm³/mol. The van der Waals surface area contributed by atoms with Crippen LogP contribution in [0, 0.1) is 5.92 Å². The van der Waals surface area contributed by atoms with Gasteiger partial charge < -0.3 is 20.3 Å². The molecule has 49 heavy (non-hydrogen) atoms. The summed E-state index contributed by atoms with van der Waals surface area (Å²) in [5.41, 5.74) is 3.60.